The van der Waals surface area contributed by atoms with Crippen LogP contribution in [0, 0.1) is 0 Å². The number of aromatic nitrogens is 2. The third-order valence-corrected chi connectivity index (χ3v) is 7.31. The SMILES string of the molecule is c1cc(N2CCCCCC2)nc(NC2CCN(Cc3ccc(N4CCCC4)cc3)CC2)n1. The van der Waals surface area contributed by atoms with Crippen LogP contribution in [0.1, 0.15) is 56.9 Å². The van der Waals surface area contributed by atoms with Gasteiger partial charge in [0, 0.05) is 63.7 Å². The molecule has 172 valence electrons. The molecule has 0 aliphatic carbocycles. The summed E-state index contributed by atoms with van der Waals surface area (Å²) >= 11 is 0. The van der Waals surface area contributed by atoms with Crippen LogP contribution in [0.15, 0.2) is 36.5 Å². The lowest BCUT2D eigenvalue weighted by atomic mass is 10.0. The van der Waals surface area contributed by atoms with Crippen molar-refractivity contribution in [3.05, 3.63) is 42.1 Å². The second-order valence-corrected chi connectivity index (χ2v) is 9.70. The normalized spacial score (nSPS) is 21.0. The quantitative estimate of drug-likeness (QED) is 0.721. The average molecular weight is 435 g/mol. The standard InChI is InChI=1S/C26H38N6/c1-2-4-18-32(17-3-1)25-11-14-27-26(29-25)28-23-12-19-30(20-13-23)21-22-7-9-24(10-8-22)31-15-5-6-16-31/h7-11,14,23H,1-6,12-13,15-21H2,(H,27,28,29). The molecule has 32 heavy (non-hydrogen) atoms. The minimum atomic E-state index is 0.461. The molecule has 2 aromatic rings. The van der Waals surface area contributed by atoms with Gasteiger partial charge in [0.25, 0.3) is 0 Å². The Morgan fingerprint density at radius 1 is 0.750 bits per heavy atom. The van der Waals surface area contributed by atoms with Crippen LogP contribution in [0.4, 0.5) is 17.5 Å². The molecule has 1 N–H and O–H groups in total. The Morgan fingerprint density at radius 3 is 2.12 bits per heavy atom. The summed E-state index contributed by atoms with van der Waals surface area (Å²) in [5.41, 5.74) is 2.81. The number of nitrogens with one attached hydrogen (secondary N) is 1. The molecule has 6 heteroatoms. The first kappa shape index (κ1) is 21.5. The predicted octanol–water partition coefficient (Wildman–Crippen LogP) is 4.53. The van der Waals surface area contributed by atoms with E-state index >= 15 is 0 Å². The molecule has 5 rings (SSSR count). The van der Waals surface area contributed by atoms with Gasteiger partial charge in [-0.2, -0.15) is 4.98 Å². The Morgan fingerprint density at radius 2 is 1.41 bits per heavy atom. The molecular formula is C26H38N6. The molecule has 0 amide bonds. The highest BCUT2D eigenvalue weighted by Crippen LogP contribution is 2.23. The lowest BCUT2D eigenvalue weighted by Crippen LogP contribution is -2.39. The number of nitrogens with zero attached hydrogens (tertiary/aromatic N) is 5. The zero-order valence-corrected chi connectivity index (χ0v) is 19.4. The smallest absolute Gasteiger partial charge is 0.224 e. The number of anilines is 3. The topological polar surface area (TPSA) is 47.5 Å². The third-order valence-electron chi connectivity index (χ3n) is 7.31. The van der Waals surface area contributed by atoms with E-state index in [1.807, 2.05) is 6.20 Å². The van der Waals surface area contributed by atoms with Crippen LogP contribution in [0.5, 0.6) is 0 Å². The van der Waals surface area contributed by atoms with Crippen LogP contribution < -0.4 is 15.1 Å². The number of likely N-dealkylation sites (tertiary alicyclic amines) is 1. The largest absolute Gasteiger partial charge is 0.372 e. The summed E-state index contributed by atoms with van der Waals surface area (Å²) < 4.78 is 0. The van der Waals surface area contributed by atoms with E-state index in [1.54, 1.807) is 0 Å². The van der Waals surface area contributed by atoms with Crippen LogP contribution >= 0.6 is 0 Å². The van der Waals surface area contributed by atoms with Gasteiger partial charge in [-0.1, -0.05) is 25.0 Å². The molecule has 6 nitrogen and oxygen atoms in total. The maximum Gasteiger partial charge on any atom is 0.224 e. The van der Waals surface area contributed by atoms with Crippen molar-refractivity contribution < 1.29 is 0 Å². The van der Waals surface area contributed by atoms with Gasteiger partial charge in [-0.3, -0.25) is 4.90 Å². The molecule has 3 aliphatic rings. The van der Waals surface area contributed by atoms with Gasteiger partial charge in [-0.05, 0) is 62.3 Å². The van der Waals surface area contributed by atoms with Crippen molar-refractivity contribution in [1.82, 2.24) is 14.9 Å². The molecule has 1 aromatic carbocycles. The summed E-state index contributed by atoms with van der Waals surface area (Å²) in [6.07, 6.45) is 12.1. The van der Waals surface area contributed by atoms with Crippen LogP contribution in [-0.4, -0.2) is 60.2 Å². The maximum atomic E-state index is 4.85. The summed E-state index contributed by atoms with van der Waals surface area (Å²) in [5, 5.41) is 3.62. The lowest BCUT2D eigenvalue weighted by Gasteiger charge is -2.32. The molecule has 0 unspecified atom stereocenters. The highest BCUT2D eigenvalue weighted by atomic mass is 15.2. The molecule has 3 saturated heterocycles. The number of piperidine rings is 1. The van der Waals surface area contributed by atoms with E-state index in [9.17, 15) is 0 Å². The van der Waals surface area contributed by atoms with E-state index in [-0.39, 0.29) is 0 Å². The Hall–Kier alpha value is -2.34. The number of benzene rings is 1. The van der Waals surface area contributed by atoms with Crippen molar-refractivity contribution >= 4 is 17.5 Å². The highest BCUT2D eigenvalue weighted by molar-refractivity contribution is 5.48. The van der Waals surface area contributed by atoms with Gasteiger partial charge in [0.1, 0.15) is 5.82 Å². The van der Waals surface area contributed by atoms with Crippen molar-refractivity contribution in [1.29, 1.82) is 0 Å². The monoisotopic (exact) mass is 434 g/mol. The van der Waals surface area contributed by atoms with Crippen LogP contribution in [0.3, 0.4) is 0 Å². The predicted molar refractivity (Wildman–Crippen MR) is 133 cm³/mol. The number of rotatable bonds is 6. The summed E-state index contributed by atoms with van der Waals surface area (Å²) in [6.45, 7) is 7.96. The minimum absolute atomic E-state index is 0.461. The number of hydrogen-bond acceptors (Lipinski definition) is 6. The van der Waals surface area contributed by atoms with Crippen LogP contribution in [0.25, 0.3) is 0 Å². The molecule has 0 radical (unpaired) electrons. The Bertz CT molecular complexity index is 832. The second kappa shape index (κ2) is 10.5. The molecule has 0 spiro atoms. The fourth-order valence-electron chi connectivity index (χ4n) is 5.36. The zero-order valence-electron chi connectivity index (χ0n) is 19.4. The van der Waals surface area contributed by atoms with Crippen LogP contribution in [0.2, 0.25) is 0 Å². The van der Waals surface area contributed by atoms with Crippen molar-refractivity contribution in [2.45, 2.75) is 64.0 Å². The summed E-state index contributed by atoms with van der Waals surface area (Å²) in [4.78, 5) is 16.9. The Labute approximate surface area is 193 Å². The Balaban J connectivity index is 1.10. The Kier molecular flexibility index (Phi) is 7.07. The van der Waals surface area contributed by atoms with Gasteiger partial charge in [0.2, 0.25) is 5.95 Å². The summed E-state index contributed by atoms with van der Waals surface area (Å²) in [7, 11) is 0. The van der Waals surface area contributed by atoms with Gasteiger partial charge < -0.3 is 15.1 Å². The van der Waals surface area contributed by atoms with Crippen molar-refractivity contribution in [2.75, 3.05) is 54.4 Å². The maximum absolute atomic E-state index is 4.85. The molecule has 0 atom stereocenters. The van der Waals surface area contributed by atoms with E-state index in [2.05, 4.69) is 55.3 Å². The zero-order chi connectivity index (χ0) is 21.6. The number of hydrogen-bond donors (Lipinski definition) is 1. The van der Waals surface area contributed by atoms with Gasteiger partial charge in [0.05, 0.1) is 0 Å². The van der Waals surface area contributed by atoms with Crippen molar-refractivity contribution in [3.8, 4) is 0 Å². The van der Waals surface area contributed by atoms with Gasteiger partial charge in [-0.15, -0.1) is 0 Å². The first-order valence-electron chi connectivity index (χ1n) is 12.7. The molecule has 0 bridgehead atoms. The van der Waals surface area contributed by atoms with Gasteiger partial charge in [-0.25, -0.2) is 4.98 Å². The van der Waals surface area contributed by atoms with Crippen molar-refractivity contribution in [3.63, 3.8) is 0 Å². The average Bonchev–Trinajstić information content (AvgIpc) is 3.23. The van der Waals surface area contributed by atoms with E-state index in [0.29, 0.717) is 6.04 Å². The highest BCUT2D eigenvalue weighted by Gasteiger charge is 2.21. The molecule has 3 fully saturated rings. The van der Waals surface area contributed by atoms with E-state index in [0.717, 1.165) is 57.3 Å². The van der Waals surface area contributed by atoms with Gasteiger partial charge >= 0.3 is 0 Å². The molecule has 1 aromatic heterocycles. The second-order valence-electron chi connectivity index (χ2n) is 9.70. The molecule has 0 saturated carbocycles. The fraction of sp³-hybridized carbons (Fsp3) is 0.615. The fourth-order valence-corrected chi connectivity index (χ4v) is 5.36. The first-order chi connectivity index (χ1) is 15.8. The molecular weight excluding hydrogens is 396 g/mol. The lowest BCUT2D eigenvalue weighted by molar-refractivity contribution is 0.211. The molecule has 3 aliphatic heterocycles. The van der Waals surface area contributed by atoms with Crippen molar-refractivity contribution in [2.24, 2.45) is 0 Å². The van der Waals surface area contributed by atoms with E-state index in [4.69, 9.17) is 4.98 Å². The summed E-state index contributed by atoms with van der Waals surface area (Å²) in [5.74, 6) is 1.88. The minimum Gasteiger partial charge on any atom is -0.372 e. The molecule has 4 heterocycles. The first-order valence-corrected chi connectivity index (χ1v) is 12.7. The van der Waals surface area contributed by atoms with E-state index < -0.39 is 0 Å². The van der Waals surface area contributed by atoms with E-state index in [1.165, 1.54) is 62.9 Å². The van der Waals surface area contributed by atoms with Gasteiger partial charge in [0.15, 0.2) is 0 Å². The third kappa shape index (κ3) is 5.52. The van der Waals surface area contributed by atoms with Crippen LogP contribution in [-0.2, 0) is 6.54 Å². The summed E-state index contributed by atoms with van der Waals surface area (Å²) in [6, 6.07) is 11.8.